The molecule has 1 aliphatic carbocycles. The molecule has 0 amide bonds. The van der Waals surface area contributed by atoms with Crippen LogP contribution in [0, 0.1) is 17.8 Å². The summed E-state index contributed by atoms with van der Waals surface area (Å²) in [5.41, 5.74) is 0. The van der Waals surface area contributed by atoms with E-state index in [2.05, 4.69) is 6.08 Å². The summed E-state index contributed by atoms with van der Waals surface area (Å²) in [6.45, 7) is 2.72. The van der Waals surface area contributed by atoms with Crippen molar-refractivity contribution in [2.75, 3.05) is 6.61 Å². The smallest absolute Gasteiger partial charge is 0.377 e. The minimum atomic E-state index is -4.56. The second-order valence-electron chi connectivity index (χ2n) is 6.42. The second-order valence-corrected chi connectivity index (χ2v) is 6.42. The lowest BCUT2D eigenvalue weighted by molar-refractivity contribution is -0.0824. The van der Waals surface area contributed by atoms with Crippen molar-refractivity contribution < 1.29 is 22.3 Å². The molecule has 0 spiro atoms. The molecular formula is C17H24F4O. The summed E-state index contributed by atoms with van der Waals surface area (Å²) in [6, 6.07) is 0. The first-order valence-corrected chi connectivity index (χ1v) is 8.08. The summed E-state index contributed by atoms with van der Waals surface area (Å²) in [6.07, 6.45) is 4.21. The first kappa shape index (κ1) is 17.5. The molecule has 1 heterocycles. The fourth-order valence-corrected chi connectivity index (χ4v) is 3.63. The van der Waals surface area contributed by atoms with E-state index in [1.54, 1.807) is 0 Å². The molecular weight excluding hydrogens is 296 g/mol. The van der Waals surface area contributed by atoms with Gasteiger partial charge in [0.1, 0.15) is 5.83 Å². The van der Waals surface area contributed by atoms with Crippen LogP contribution in [-0.2, 0) is 4.74 Å². The van der Waals surface area contributed by atoms with Gasteiger partial charge in [0.05, 0.1) is 18.8 Å². The molecule has 0 radical (unpaired) electrons. The van der Waals surface area contributed by atoms with Gasteiger partial charge in [0.2, 0.25) is 0 Å². The third kappa shape index (κ3) is 5.11. The van der Waals surface area contributed by atoms with E-state index in [0.717, 1.165) is 32.3 Å². The molecule has 22 heavy (non-hydrogen) atoms. The van der Waals surface area contributed by atoms with Crippen LogP contribution >= 0.6 is 0 Å². The molecule has 2 unspecified atom stereocenters. The van der Waals surface area contributed by atoms with Gasteiger partial charge in [0.25, 0.3) is 0 Å². The molecule has 0 bridgehead atoms. The standard InChI is InChI=1S/C17H24F4O/c1-2-3-12-4-9-16(22-11-12)14-7-5-13(6-8-14)15(18)10-17(19,20)21/h2-3,10,12-14,16H,4-9,11H2,1H3. The molecule has 2 aliphatic rings. The quantitative estimate of drug-likeness (QED) is 0.487. The molecule has 0 aromatic carbocycles. The van der Waals surface area contributed by atoms with Crippen molar-refractivity contribution in [2.45, 2.75) is 57.7 Å². The maximum Gasteiger partial charge on any atom is 0.412 e. The van der Waals surface area contributed by atoms with Crippen LogP contribution in [0.25, 0.3) is 0 Å². The Morgan fingerprint density at radius 2 is 1.73 bits per heavy atom. The van der Waals surface area contributed by atoms with Crippen molar-refractivity contribution in [1.82, 2.24) is 0 Å². The van der Waals surface area contributed by atoms with Crippen LogP contribution < -0.4 is 0 Å². The van der Waals surface area contributed by atoms with E-state index in [1.807, 2.05) is 13.0 Å². The van der Waals surface area contributed by atoms with Crippen LogP contribution in [0.4, 0.5) is 17.6 Å². The SMILES string of the molecule is CC=CC1CCC(C2CCC(C(F)=CC(F)(F)F)CC2)OC1. The molecule has 5 heteroatoms. The van der Waals surface area contributed by atoms with Gasteiger partial charge in [0.15, 0.2) is 0 Å². The predicted octanol–water partition coefficient (Wildman–Crippen LogP) is 5.58. The molecule has 1 saturated carbocycles. The summed E-state index contributed by atoms with van der Waals surface area (Å²) in [5.74, 6) is -0.743. The highest BCUT2D eigenvalue weighted by Gasteiger charge is 2.34. The zero-order valence-electron chi connectivity index (χ0n) is 12.9. The van der Waals surface area contributed by atoms with E-state index in [0.29, 0.717) is 24.7 Å². The normalized spacial score (nSPS) is 35.0. The van der Waals surface area contributed by atoms with Gasteiger partial charge >= 0.3 is 6.18 Å². The van der Waals surface area contributed by atoms with Gasteiger partial charge in [-0.3, -0.25) is 0 Å². The maximum atomic E-state index is 13.6. The third-order valence-electron chi connectivity index (χ3n) is 4.80. The first-order valence-electron chi connectivity index (χ1n) is 8.08. The Kier molecular flexibility index (Phi) is 6.07. The van der Waals surface area contributed by atoms with Gasteiger partial charge in [-0.15, -0.1) is 0 Å². The summed E-state index contributed by atoms with van der Waals surface area (Å²) in [7, 11) is 0. The van der Waals surface area contributed by atoms with Crippen LogP contribution in [-0.4, -0.2) is 18.9 Å². The van der Waals surface area contributed by atoms with Crippen molar-refractivity contribution in [2.24, 2.45) is 17.8 Å². The number of hydrogen-bond acceptors (Lipinski definition) is 1. The summed E-state index contributed by atoms with van der Waals surface area (Å²) in [5, 5.41) is 0. The molecule has 2 fully saturated rings. The number of allylic oxidation sites excluding steroid dienone is 3. The highest BCUT2D eigenvalue weighted by Crippen LogP contribution is 2.39. The van der Waals surface area contributed by atoms with Gasteiger partial charge in [-0.1, -0.05) is 12.2 Å². The molecule has 1 saturated heterocycles. The van der Waals surface area contributed by atoms with Crippen molar-refractivity contribution in [1.29, 1.82) is 0 Å². The average Bonchev–Trinajstić information content (AvgIpc) is 2.47. The van der Waals surface area contributed by atoms with Gasteiger partial charge < -0.3 is 4.74 Å². The Hall–Kier alpha value is -0.840. The van der Waals surface area contributed by atoms with E-state index in [9.17, 15) is 17.6 Å². The van der Waals surface area contributed by atoms with Gasteiger partial charge in [-0.2, -0.15) is 13.2 Å². The monoisotopic (exact) mass is 320 g/mol. The molecule has 126 valence electrons. The van der Waals surface area contributed by atoms with Crippen molar-refractivity contribution in [3.8, 4) is 0 Å². The van der Waals surface area contributed by atoms with Crippen LogP contribution in [0.3, 0.4) is 0 Å². The highest BCUT2D eigenvalue weighted by atomic mass is 19.4. The second kappa shape index (κ2) is 7.62. The van der Waals surface area contributed by atoms with Crippen LogP contribution in [0.5, 0.6) is 0 Å². The number of hydrogen-bond donors (Lipinski definition) is 0. The lowest BCUT2D eigenvalue weighted by Gasteiger charge is -2.37. The lowest BCUT2D eigenvalue weighted by atomic mass is 9.76. The van der Waals surface area contributed by atoms with E-state index in [4.69, 9.17) is 4.74 Å². The Labute approximate surface area is 129 Å². The highest BCUT2D eigenvalue weighted by molar-refractivity contribution is 5.03. The van der Waals surface area contributed by atoms with Gasteiger partial charge in [0, 0.05) is 11.8 Å². The summed E-state index contributed by atoms with van der Waals surface area (Å²) in [4.78, 5) is 0. The largest absolute Gasteiger partial charge is 0.412 e. The van der Waals surface area contributed by atoms with Gasteiger partial charge in [-0.05, 0) is 51.4 Å². The molecule has 0 aromatic rings. The fraction of sp³-hybridized carbons (Fsp3) is 0.765. The topological polar surface area (TPSA) is 9.23 Å². The van der Waals surface area contributed by atoms with Crippen LogP contribution in [0.1, 0.15) is 45.4 Å². The number of rotatable bonds is 3. The van der Waals surface area contributed by atoms with Gasteiger partial charge in [-0.25, -0.2) is 4.39 Å². The molecule has 1 aliphatic heterocycles. The predicted molar refractivity (Wildman–Crippen MR) is 78.0 cm³/mol. The minimum absolute atomic E-state index is 0.184. The number of alkyl halides is 3. The Morgan fingerprint density at radius 1 is 1.05 bits per heavy atom. The molecule has 1 nitrogen and oxygen atoms in total. The molecule has 0 aromatic heterocycles. The fourth-order valence-electron chi connectivity index (χ4n) is 3.63. The Morgan fingerprint density at radius 3 is 2.23 bits per heavy atom. The molecule has 0 N–H and O–H groups in total. The van der Waals surface area contributed by atoms with E-state index >= 15 is 0 Å². The van der Waals surface area contributed by atoms with Crippen molar-refractivity contribution in [3.63, 3.8) is 0 Å². The minimum Gasteiger partial charge on any atom is -0.377 e. The zero-order chi connectivity index (χ0) is 16.2. The lowest BCUT2D eigenvalue weighted by Crippen LogP contribution is -2.33. The van der Waals surface area contributed by atoms with Crippen LogP contribution in [0.2, 0.25) is 0 Å². The first-order chi connectivity index (χ1) is 10.4. The number of halogens is 4. The molecule has 2 atom stereocenters. The summed E-state index contributed by atoms with van der Waals surface area (Å²) >= 11 is 0. The zero-order valence-corrected chi connectivity index (χ0v) is 12.9. The van der Waals surface area contributed by atoms with Crippen molar-refractivity contribution >= 4 is 0 Å². The van der Waals surface area contributed by atoms with Crippen LogP contribution in [0.15, 0.2) is 24.1 Å². The van der Waals surface area contributed by atoms with E-state index in [1.165, 1.54) is 0 Å². The summed E-state index contributed by atoms with van der Waals surface area (Å²) < 4.78 is 56.1. The van der Waals surface area contributed by atoms with Crippen molar-refractivity contribution in [3.05, 3.63) is 24.1 Å². The molecule has 2 rings (SSSR count). The third-order valence-corrected chi connectivity index (χ3v) is 4.80. The van der Waals surface area contributed by atoms with E-state index < -0.39 is 17.9 Å². The number of ether oxygens (including phenoxy) is 1. The van der Waals surface area contributed by atoms with E-state index in [-0.39, 0.29) is 12.2 Å². The average molecular weight is 320 g/mol. The Bertz CT molecular complexity index is 397. The Balaban J connectivity index is 1.79. The maximum absolute atomic E-state index is 13.6.